The van der Waals surface area contributed by atoms with E-state index in [9.17, 15) is 14.4 Å². The van der Waals surface area contributed by atoms with Gasteiger partial charge < -0.3 is 14.2 Å². The van der Waals surface area contributed by atoms with Gasteiger partial charge in [0.15, 0.2) is 6.10 Å². The number of hydrogen-bond donors (Lipinski definition) is 0. The quantitative estimate of drug-likeness (QED) is 0.0270. The summed E-state index contributed by atoms with van der Waals surface area (Å²) >= 11 is 0. The molecule has 0 aromatic carbocycles. The summed E-state index contributed by atoms with van der Waals surface area (Å²) < 4.78 is 16.5. The standard InChI is InChI=1S/C48H80O6/c1-4-7-10-13-16-19-21-22-23-24-25-26-27-30-32-35-38-41-47(50)53-44-45(43-52-46(49)40-37-34-31-28-18-15-12-9-6-3)54-48(51)42-39-36-33-29-20-17-14-11-8-5-2/h14,16-17,19,22-23,25-26,28,30-32,45H,4-13,15,18,20-21,24,27,29,33-44H2,1-3H3/b17-14-,19-16-,23-22-,26-25-,31-28-,32-30-. The van der Waals surface area contributed by atoms with Crippen molar-refractivity contribution in [2.75, 3.05) is 13.2 Å². The first-order valence-corrected chi connectivity index (χ1v) is 21.9. The Balaban J connectivity index is 4.48. The van der Waals surface area contributed by atoms with Crippen molar-refractivity contribution in [2.45, 2.75) is 200 Å². The van der Waals surface area contributed by atoms with E-state index in [0.717, 1.165) is 77.0 Å². The summed E-state index contributed by atoms with van der Waals surface area (Å²) in [5.74, 6) is -1.03. The number of allylic oxidation sites excluding steroid dienone is 12. The van der Waals surface area contributed by atoms with Crippen LogP contribution in [0.1, 0.15) is 194 Å². The van der Waals surface area contributed by atoms with Crippen molar-refractivity contribution in [3.8, 4) is 0 Å². The van der Waals surface area contributed by atoms with Crippen molar-refractivity contribution in [1.29, 1.82) is 0 Å². The van der Waals surface area contributed by atoms with Crippen LogP contribution in [0.25, 0.3) is 0 Å². The highest BCUT2D eigenvalue weighted by Gasteiger charge is 2.19. The molecular weight excluding hydrogens is 673 g/mol. The van der Waals surface area contributed by atoms with E-state index >= 15 is 0 Å². The lowest BCUT2D eigenvalue weighted by molar-refractivity contribution is -0.167. The van der Waals surface area contributed by atoms with Crippen molar-refractivity contribution in [3.05, 3.63) is 72.9 Å². The molecule has 6 nitrogen and oxygen atoms in total. The smallest absolute Gasteiger partial charge is 0.306 e. The molecule has 54 heavy (non-hydrogen) atoms. The summed E-state index contributed by atoms with van der Waals surface area (Å²) in [6, 6.07) is 0. The van der Waals surface area contributed by atoms with E-state index in [1.54, 1.807) is 0 Å². The van der Waals surface area contributed by atoms with Crippen LogP contribution < -0.4 is 0 Å². The van der Waals surface area contributed by atoms with Gasteiger partial charge in [-0.25, -0.2) is 0 Å². The predicted molar refractivity (Wildman–Crippen MR) is 228 cm³/mol. The van der Waals surface area contributed by atoms with Gasteiger partial charge in [-0.05, 0) is 96.3 Å². The number of carbonyl (C=O) groups excluding carboxylic acids is 3. The summed E-state index contributed by atoms with van der Waals surface area (Å²) in [5, 5.41) is 0. The number of ether oxygens (including phenoxy) is 3. The van der Waals surface area contributed by atoms with Crippen molar-refractivity contribution in [1.82, 2.24) is 0 Å². The van der Waals surface area contributed by atoms with E-state index in [2.05, 4.69) is 93.7 Å². The first-order chi connectivity index (χ1) is 26.5. The Bertz CT molecular complexity index is 1050. The molecule has 0 aromatic heterocycles. The molecule has 0 spiro atoms. The van der Waals surface area contributed by atoms with Crippen LogP contribution in [0.15, 0.2) is 72.9 Å². The second kappa shape index (κ2) is 42.6. The minimum Gasteiger partial charge on any atom is -0.462 e. The minimum atomic E-state index is -0.810. The van der Waals surface area contributed by atoms with E-state index < -0.39 is 6.10 Å². The Morgan fingerprint density at radius 2 is 0.704 bits per heavy atom. The van der Waals surface area contributed by atoms with Crippen molar-refractivity contribution >= 4 is 17.9 Å². The number of unbranched alkanes of at least 4 members (excludes halogenated alkanes) is 15. The van der Waals surface area contributed by atoms with Crippen LogP contribution in [-0.2, 0) is 28.6 Å². The number of hydrogen-bond acceptors (Lipinski definition) is 6. The van der Waals surface area contributed by atoms with Gasteiger partial charge in [0.2, 0.25) is 0 Å². The largest absolute Gasteiger partial charge is 0.462 e. The number of rotatable bonds is 38. The maximum atomic E-state index is 12.6. The summed E-state index contributed by atoms with van der Waals surface area (Å²) in [4.78, 5) is 37.5. The fraction of sp³-hybridized carbons (Fsp3) is 0.688. The molecule has 0 fully saturated rings. The lowest BCUT2D eigenvalue weighted by Crippen LogP contribution is -2.30. The van der Waals surface area contributed by atoms with Crippen LogP contribution in [0.4, 0.5) is 0 Å². The third-order valence-electron chi connectivity index (χ3n) is 8.90. The zero-order valence-electron chi connectivity index (χ0n) is 35.0. The van der Waals surface area contributed by atoms with Crippen LogP contribution in [0.5, 0.6) is 0 Å². The van der Waals surface area contributed by atoms with Gasteiger partial charge in [0.25, 0.3) is 0 Å². The molecule has 0 heterocycles. The fourth-order valence-corrected chi connectivity index (χ4v) is 5.53. The predicted octanol–water partition coefficient (Wildman–Crippen LogP) is 13.9. The molecule has 0 aliphatic rings. The Morgan fingerprint density at radius 3 is 1.19 bits per heavy atom. The van der Waals surface area contributed by atoms with Gasteiger partial charge in [0, 0.05) is 19.3 Å². The molecule has 0 saturated heterocycles. The minimum absolute atomic E-state index is 0.113. The van der Waals surface area contributed by atoms with Gasteiger partial charge in [0.1, 0.15) is 13.2 Å². The van der Waals surface area contributed by atoms with Gasteiger partial charge in [-0.2, -0.15) is 0 Å². The summed E-state index contributed by atoms with van der Waals surface area (Å²) in [5.41, 5.74) is 0. The van der Waals surface area contributed by atoms with E-state index in [1.165, 1.54) is 64.2 Å². The highest BCUT2D eigenvalue weighted by molar-refractivity contribution is 5.71. The second-order valence-corrected chi connectivity index (χ2v) is 14.2. The molecule has 0 radical (unpaired) electrons. The Labute approximate surface area is 332 Å². The fourth-order valence-electron chi connectivity index (χ4n) is 5.53. The highest BCUT2D eigenvalue weighted by atomic mass is 16.6. The zero-order valence-corrected chi connectivity index (χ0v) is 35.0. The maximum Gasteiger partial charge on any atom is 0.306 e. The highest BCUT2D eigenvalue weighted by Crippen LogP contribution is 2.11. The number of carbonyl (C=O) groups is 3. The lowest BCUT2D eigenvalue weighted by Gasteiger charge is -2.18. The molecule has 6 heteroatoms. The molecule has 0 aliphatic heterocycles. The summed E-state index contributed by atoms with van der Waals surface area (Å²) in [6.45, 7) is 6.41. The SMILES string of the molecule is CCCC/C=C\CCCCCCC(=O)OC(COC(=O)CCC/C=C\C/C=C\C/C=C\C/C=C\CCCCC)COC(=O)CCC/C=C\CCCCCC. The molecule has 0 aromatic rings. The zero-order chi connectivity index (χ0) is 39.4. The third kappa shape index (κ3) is 40.0. The van der Waals surface area contributed by atoms with Crippen molar-refractivity contribution < 1.29 is 28.6 Å². The summed E-state index contributed by atoms with van der Waals surface area (Å²) in [6.07, 6.45) is 51.9. The molecule has 0 N–H and O–H groups in total. The van der Waals surface area contributed by atoms with Gasteiger partial charge in [-0.15, -0.1) is 0 Å². The Morgan fingerprint density at radius 1 is 0.370 bits per heavy atom. The average Bonchev–Trinajstić information content (AvgIpc) is 3.17. The van der Waals surface area contributed by atoms with Crippen LogP contribution in [0, 0.1) is 0 Å². The monoisotopic (exact) mass is 753 g/mol. The third-order valence-corrected chi connectivity index (χ3v) is 8.90. The molecule has 0 bridgehead atoms. The van der Waals surface area contributed by atoms with E-state index in [1.807, 2.05) is 0 Å². The Kier molecular flexibility index (Phi) is 40.1. The Hall–Kier alpha value is -3.15. The van der Waals surface area contributed by atoms with Gasteiger partial charge in [0.05, 0.1) is 0 Å². The van der Waals surface area contributed by atoms with Crippen LogP contribution >= 0.6 is 0 Å². The second-order valence-electron chi connectivity index (χ2n) is 14.2. The molecule has 0 aliphatic carbocycles. The molecule has 0 rings (SSSR count). The van der Waals surface area contributed by atoms with Crippen LogP contribution in [0.3, 0.4) is 0 Å². The normalized spacial score (nSPS) is 12.7. The van der Waals surface area contributed by atoms with E-state index in [0.29, 0.717) is 25.7 Å². The molecular formula is C48H80O6. The molecule has 1 unspecified atom stereocenters. The first kappa shape index (κ1) is 50.9. The van der Waals surface area contributed by atoms with Crippen molar-refractivity contribution in [3.63, 3.8) is 0 Å². The molecule has 0 amide bonds. The lowest BCUT2D eigenvalue weighted by atomic mass is 10.1. The van der Waals surface area contributed by atoms with Crippen molar-refractivity contribution in [2.24, 2.45) is 0 Å². The van der Waals surface area contributed by atoms with E-state index in [-0.39, 0.29) is 37.5 Å². The summed E-state index contributed by atoms with van der Waals surface area (Å²) in [7, 11) is 0. The van der Waals surface area contributed by atoms with Gasteiger partial charge >= 0.3 is 17.9 Å². The van der Waals surface area contributed by atoms with Gasteiger partial charge in [-0.3, -0.25) is 14.4 Å². The number of esters is 3. The van der Waals surface area contributed by atoms with E-state index in [4.69, 9.17) is 14.2 Å². The first-order valence-electron chi connectivity index (χ1n) is 21.9. The molecule has 1 atom stereocenters. The average molecular weight is 753 g/mol. The van der Waals surface area contributed by atoms with Crippen LogP contribution in [0.2, 0.25) is 0 Å². The maximum absolute atomic E-state index is 12.6. The topological polar surface area (TPSA) is 78.9 Å². The van der Waals surface area contributed by atoms with Gasteiger partial charge in [-0.1, -0.05) is 151 Å². The molecule has 0 saturated carbocycles. The molecule has 308 valence electrons. The van der Waals surface area contributed by atoms with Crippen LogP contribution in [-0.4, -0.2) is 37.2 Å².